The molecule has 0 unspecified atom stereocenters. The van der Waals surface area contributed by atoms with Crippen LogP contribution in [0.5, 0.6) is 0 Å². The minimum absolute atomic E-state index is 0.136. The van der Waals surface area contributed by atoms with Crippen molar-refractivity contribution in [2.45, 2.75) is 23.6 Å². The van der Waals surface area contributed by atoms with Crippen molar-refractivity contribution >= 4 is 15.9 Å². The molecule has 0 spiro atoms. The van der Waals surface area contributed by atoms with Gasteiger partial charge in [-0.3, -0.25) is 0 Å². The molecule has 0 aliphatic heterocycles. The maximum atomic E-state index is 12.4. The van der Waals surface area contributed by atoms with Crippen molar-refractivity contribution < 1.29 is 22.7 Å². The third-order valence-electron chi connectivity index (χ3n) is 1.23. The van der Waals surface area contributed by atoms with Crippen LogP contribution in [-0.4, -0.2) is 22.5 Å². The molecule has 0 heterocycles. The first-order valence-electron chi connectivity index (χ1n) is 3.54. The second-order valence-electron chi connectivity index (χ2n) is 2.39. The zero-order chi connectivity index (χ0) is 10.5. The van der Waals surface area contributed by atoms with E-state index in [1.54, 1.807) is 15.9 Å². The van der Waals surface area contributed by atoms with Crippen LogP contribution in [0.25, 0.3) is 0 Å². The van der Waals surface area contributed by atoms with Gasteiger partial charge < -0.3 is 5.11 Å². The zero-order valence-electron chi connectivity index (χ0n) is 6.61. The van der Waals surface area contributed by atoms with Crippen LogP contribution in [0.3, 0.4) is 0 Å². The SMILES string of the molecule is OCCCC=CC(F)(F)C(F)(F)Br. The van der Waals surface area contributed by atoms with Gasteiger partial charge in [0, 0.05) is 6.61 Å². The topological polar surface area (TPSA) is 20.2 Å². The highest BCUT2D eigenvalue weighted by molar-refractivity contribution is 9.10. The average molecular weight is 265 g/mol. The van der Waals surface area contributed by atoms with E-state index in [2.05, 4.69) is 0 Å². The van der Waals surface area contributed by atoms with Crippen LogP contribution in [0.4, 0.5) is 17.6 Å². The number of aliphatic hydroxyl groups excluding tert-OH is 1. The Kier molecular flexibility index (Phi) is 4.91. The molecule has 0 aliphatic rings. The standard InChI is InChI=1S/C7H9BrF4O/c8-7(11,12)6(9,10)4-2-1-3-5-13/h2,4,13H,1,3,5H2. The van der Waals surface area contributed by atoms with Gasteiger partial charge in [0.2, 0.25) is 0 Å². The van der Waals surface area contributed by atoms with E-state index in [0.29, 0.717) is 0 Å². The summed E-state index contributed by atoms with van der Waals surface area (Å²) >= 11 is 1.59. The summed E-state index contributed by atoms with van der Waals surface area (Å²) in [5.74, 6) is -4.19. The van der Waals surface area contributed by atoms with Gasteiger partial charge in [0.25, 0.3) is 0 Å². The molecule has 13 heavy (non-hydrogen) atoms. The Morgan fingerprint density at radius 3 is 2.15 bits per heavy atom. The molecule has 0 radical (unpaired) electrons. The van der Waals surface area contributed by atoms with E-state index in [-0.39, 0.29) is 25.5 Å². The van der Waals surface area contributed by atoms with Crippen LogP contribution in [0.15, 0.2) is 12.2 Å². The Balaban J connectivity index is 4.09. The Morgan fingerprint density at radius 2 is 1.77 bits per heavy atom. The van der Waals surface area contributed by atoms with Gasteiger partial charge >= 0.3 is 10.8 Å². The van der Waals surface area contributed by atoms with Gasteiger partial charge in [0.15, 0.2) is 0 Å². The lowest BCUT2D eigenvalue weighted by Gasteiger charge is -2.17. The molecular formula is C7H9BrF4O. The van der Waals surface area contributed by atoms with E-state index < -0.39 is 10.8 Å². The molecule has 0 aromatic heterocycles. The summed E-state index contributed by atoms with van der Waals surface area (Å²) in [6, 6.07) is 0. The molecule has 0 atom stereocenters. The molecule has 0 fully saturated rings. The van der Waals surface area contributed by atoms with Gasteiger partial charge in [-0.15, -0.1) is 0 Å². The van der Waals surface area contributed by atoms with Gasteiger partial charge in [0.05, 0.1) is 0 Å². The van der Waals surface area contributed by atoms with Crippen molar-refractivity contribution in [3.05, 3.63) is 12.2 Å². The third-order valence-corrected chi connectivity index (χ3v) is 1.76. The molecule has 0 aromatic carbocycles. The van der Waals surface area contributed by atoms with E-state index in [4.69, 9.17) is 5.11 Å². The number of halogens is 5. The molecular weight excluding hydrogens is 256 g/mol. The van der Waals surface area contributed by atoms with Crippen LogP contribution in [0.2, 0.25) is 0 Å². The number of alkyl halides is 5. The molecule has 0 aromatic rings. The van der Waals surface area contributed by atoms with Gasteiger partial charge in [-0.2, -0.15) is 17.6 Å². The molecule has 0 amide bonds. The zero-order valence-corrected chi connectivity index (χ0v) is 8.20. The number of allylic oxidation sites excluding steroid dienone is 2. The van der Waals surface area contributed by atoms with Crippen LogP contribution >= 0.6 is 15.9 Å². The van der Waals surface area contributed by atoms with E-state index >= 15 is 0 Å². The van der Waals surface area contributed by atoms with E-state index in [0.717, 1.165) is 6.08 Å². The van der Waals surface area contributed by atoms with Crippen molar-refractivity contribution in [2.24, 2.45) is 0 Å². The molecule has 1 nitrogen and oxygen atoms in total. The summed E-state index contributed by atoms with van der Waals surface area (Å²) < 4.78 is 49.0. The van der Waals surface area contributed by atoms with Gasteiger partial charge in [-0.25, -0.2) is 0 Å². The lowest BCUT2D eigenvalue weighted by atomic mass is 10.2. The highest BCUT2D eigenvalue weighted by atomic mass is 79.9. The summed E-state index contributed by atoms with van der Waals surface area (Å²) in [6.45, 7) is -0.152. The third kappa shape index (κ3) is 4.61. The molecule has 6 heteroatoms. The second kappa shape index (κ2) is 4.95. The second-order valence-corrected chi connectivity index (χ2v) is 3.38. The number of hydrogen-bond donors (Lipinski definition) is 1. The number of aliphatic hydroxyl groups is 1. The van der Waals surface area contributed by atoms with Crippen LogP contribution < -0.4 is 0 Å². The quantitative estimate of drug-likeness (QED) is 0.350. The minimum atomic E-state index is -4.23. The highest BCUT2D eigenvalue weighted by Gasteiger charge is 2.51. The van der Waals surface area contributed by atoms with Crippen LogP contribution in [-0.2, 0) is 0 Å². The van der Waals surface area contributed by atoms with E-state index in [9.17, 15) is 17.6 Å². The lowest BCUT2D eigenvalue weighted by molar-refractivity contribution is -0.111. The fourth-order valence-corrected chi connectivity index (χ4v) is 0.667. The molecule has 0 bridgehead atoms. The molecule has 0 aliphatic carbocycles. The fourth-order valence-electron chi connectivity index (χ4n) is 0.535. The molecule has 0 rings (SSSR count). The van der Waals surface area contributed by atoms with Crippen molar-refractivity contribution in [1.82, 2.24) is 0 Å². The fraction of sp³-hybridized carbons (Fsp3) is 0.714. The largest absolute Gasteiger partial charge is 0.396 e. The first kappa shape index (κ1) is 12.9. The minimum Gasteiger partial charge on any atom is -0.396 e. The van der Waals surface area contributed by atoms with Gasteiger partial charge in [0.1, 0.15) is 0 Å². The van der Waals surface area contributed by atoms with Crippen LogP contribution in [0, 0.1) is 0 Å². The Morgan fingerprint density at radius 1 is 1.23 bits per heavy atom. The predicted molar refractivity (Wildman–Crippen MR) is 44.3 cm³/mol. The monoisotopic (exact) mass is 264 g/mol. The molecule has 0 saturated heterocycles. The van der Waals surface area contributed by atoms with E-state index in [1.165, 1.54) is 0 Å². The van der Waals surface area contributed by atoms with E-state index in [1.807, 2.05) is 0 Å². The first-order valence-corrected chi connectivity index (χ1v) is 4.33. The predicted octanol–water partition coefficient (Wildman–Crippen LogP) is 2.94. The summed E-state index contributed by atoms with van der Waals surface area (Å²) in [7, 11) is 0. The average Bonchev–Trinajstić information content (AvgIpc) is 1.96. The Labute approximate surface area is 81.6 Å². The number of hydrogen-bond acceptors (Lipinski definition) is 1. The van der Waals surface area contributed by atoms with Gasteiger partial charge in [-0.1, -0.05) is 6.08 Å². The normalized spacial score (nSPS) is 14.0. The maximum absolute atomic E-state index is 12.4. The van der Waals surface area contributed by atoms with Crippen molar-refractivity contribution in [3.63, 3.8) is 0 Å². The molecule has 78 valence electrons. The summed E-state index contributed by atoms with van der Waals surface area (Å²) in [5, 5.41) is 8.28. The summed E-state index contributed by atoms with van der Waals surface area (Å²) in [5.41, 5.74) is 0. The smallest absolute Gasteiger partial charge is 0.367 e. The van der Waals surface area contributed by atoms with Gasteiger partial charge in [-0.05, 0) is 34.8 Å². The van der Waals surface area contributed by atoms with Crippen molar-refractivity contribution in [1.29, 1.82) is 0 Å². The lowest BCUT2D eigenvalue weighted by Crippen LogP contribution is -2.32. The molecule has 1 N–H and O–H groups in total. The molecule has 0 saturated carbocycles. The number of rotatable bonds is 5. The number of unbranched alkanes of at least 4 members (excludes halogenated alkanes) is 1. The maximum Gasteiger partial charge on any atom is 0.367 e. The van der Waals surface area contributed by atoms with Crippen molar-refractivity contribution in [2.75, 3.05) is 6.61 Å². The van der Waals surface area contributed by atoms with Crippen molar-refractivity contribution in [3.8, 4) is 0 Å². The highest BCUT2D eigenvalue weighted by Crippen LogP contribution is 2.40. The summed E-state index contributed by atoms with van der Waals surface area (Å²) in [6.07, 6.45) is 1.48. The Bertz CT molecular complexity index is 176. The Hall–Kier alpha value is -0.100. The first-order chi connectivity index (χ1) is 5.81. The summed E-state index contributed by atoms with van der Waals surface area (Å²) in [4.78, 5) is -4.23. The van der Waals surface area contributed by atoms with Crippen LogP contribution in [0.1, 0.15) is 12.8 Å².